The number of nitrogens with one attached hydrogen (secondary N) is 3. The standard InChI is InChI=1S/C24H23BrN8O4S/c25-15-12-27-23(28-13-15)29-16-8-10-33(11-9-16)38(36,37)17-6-4-14(5-7-17)22(35)32-24-30-19-3-1-2-18(21(26)34)20(19)31-24/h1-7,12-13,16H,8-11H2,(H2,26,34)(H,27,28,29)(H2,30,31,32,35). The minimum absolute atomic E-state index is 0.0611. The number of piperidine rings is 1. The fourth-order valence-corrected chi connectivity index (χ4v) is 5.88. The molecule has 4 aromatic rings. The van der Waals surface area contributed by atoms with Crippen molar-refractivity contribution in [2.45, 2.75) is 23.8 Å². The monoisotopic (exact) mass is 598 g/mol. The van der Waals surface area contributed by atoms with Gasteiger partial charge in [-0.25, -0.2) is 23.4 Å². The van der Waals surface area contributed by atoms with Gasteiger partial charge in [-0.3, -0.25) is 14.9 Å². The number of aromatic nitrogens is 4. The number of aromatic amines is 1. The second kappa shape index (κ2) is 10.5. The first-order valence-electron chi connectivity index (χ1n) is 11.6. The molecule has 0 aliphatic carbocycles. The van der Waals surface area contributed by atoms with E-state index in [-0.39, 0.29) is 28.0 Å². The van der Waals surface area contributed by atoms with Crippen LogP contribution < -0.4 is 16.4 Å². The van der Waals surface area contributed by atoms with Crippen LogP contribution in [-0.2, 0) is 10.0 Å². The first-order chi connectivity index (χ1) is 18.2. The van der Waals surface area contributed by atoms with Crippen molar-refractivity contribution in [1.29, 1.82) is 0 Å². The molecule has 1 saturated heterocycles. The number of para-hydroxylation sites is 1. The lowest BCUT2D eigenvalue weighted by Gasteiger charge is -2.31. The number of hydrogen-bond donors (Lipinski definition) is 4. The first-order valence-corrected chi connectivity index (χ1v) is 13.9. The summed E-state index contributed by atoms with van der Waals surface area (Å²) in [5.74, 6) is -0.480. The van der Waals surface area contributed by atoms with Crippen molar-refractivity contribution in [3.8, 4) is 0 Å². The lowest BCUT2D eigenvalue weighted by molar-refractivity contribution is 0.0999. The number of halogens is 1. The van der Waals surface area contributed by atoms with Gasteiger partial charge in [0.1, 0.15) is 5.52 Å². The minimum atomic E-state index is -3.72. The van der Waals surface area contributed by atoms with E-state index in [0.29, 0.717) is 42.9 Å². The molecular weight excluding hydrogens is 576 g/mol. The molecule has 12 nitrogen and oxygen atoms in total. The second-order valence-corrected chi connectivity index (χ2v) is 11.5. The third-order valence-electron chi connectivity index (χ3n) is 6.17. The number of primary amides is 1. The van der Waals surface area contributed by atoms with Crippen molar-refractivity contribution in [3.63, 3.8) is 0 Å². The molecule has 2 aromatic heterocycles. The zero-order valence-corrected chi connectivity index (χ0v) is 22.3. The van der Waals surface area contributed by atoms with E-state index in [0.717, 1.165) is 4.47 Å². The fraction of sp³-hybridized carbons (Fsp3) is 0.208. The van der Waals surface area contributed by atoms with E-state index in [1.54, 1.807) is 30.6 Å². The van der Waals surface area contributed by atoms with Gasteiger partial charge in [0, 0.05) is 37.1 Å². The van der Waals surface area contributed by atoms with Crippen LogP contribution >= 0.6 is 15.9 Å². The number of fused-ring (bicyclic) bond motifs is 1. The van der Waals surface area contributed by atoms with Crippen LogP contribution in [0.1, 0.15) is 33.6 Å². The summed E-state index contributed by atoms with van der Waals surface area (Å²) in [4.78, 5) is 40.0. The predicted molar refractivity (Wildman–Crippen MR) is 144 cm³/mol. The van der Waals surface area contributed by atoms with Gasteiger partial charge in [0.2, 0.25) is 21.9 Å². The largest absolute Gasteiger partial charge is 0.366 e. The fourth-order valence-electron chi connectivity index (χ4n) is 4.21. The van der Waals surface area contributed by atoms with Gasteiger partial charge in [0.15, 0.2) is 0 Å². The van der Waals surface area contributed by atoms with Gasteiger partial charge < -0.3 is 16.0 Å². The van der Waals surface area contributed by atoms with Gasteiger partial charge in [0.05, 0.1) is 20.4 Å². The van der Waals surface area contributed by atoms with E-state index in [2.05, 4.69) is 46.5 Å². The van der Waals surface area contributed by atoms with Crippen LogP contribution in [0.4, 0.5) is 11.9 Å². The number of rotatable bonds is 7. The van der Waals surface area contributed by atoms with Crippen LogP contribution in [0, 0.1) is 0 Å². The van der Waals surface area contributed by atoms with Crippen LogP contribution in [0.2, 0.25) is 0 Å². The predicted octanol–water partition coefficient (Wildman–Crippen LogP) is 2.73. The number of benzene rings is 2. The third kappa shape index (κ3) is 5.37. The number of nitrogens with two attached hydrogens (primary N) is 1. The van der Waals surface area contributed by atoms with Gasteiger partial charge in [-0.1, -0.05) is 6.07 Å². The highest BCUT2D eigenvalue weighted by Gasteiger charge is 2.30. The average Bonchev–Trinajstić information content (AvgIpc) is 3.32. The summed E-state index contributed by atoms with van der Waals surface area (Å²) in [6, 6.07) is 10.7. The van der Waals surface area contributed by atoms with Crippen molar-refractivity contribution in [1.82, 2.24) is 24.2 Å². The number of hydrogen-bond acceptors (Lipinski definition) is 8. The molecule has 2 amide bonds. The average molecular weight is 599 g/mol. The Morgan fingerprint density at radius 1 is 1.05 bits per heavy atom. The molecule has 0 bridgehead atoms. The molecule has 3 heterocycles. The Bertz CT molecular complexity index is 1600. The van der Waals surface area contributed by atoms with E-state index < -0.39 is 21.8 Å². The van der Waals surface area contributed by atoms with Gasteiger partial charge in [-0.05, 0) is 65.2 Å². The number of carbonyl (C=O) groups excluding carboxylic acids is 2. The van der Waals surface area contributed by atoms with Crippen LogP contribution in [0.5, 0.6) is 0 Å². The van der Waals surface area contributed by atoms with Crippen molar-refractivity contribution >= 4 is 60.7 Å². The van der Waals surface area contributed by atoms with Crippen molar-refractivity contribution in [2.24, 2.45) is 5.73 Å². The molecule has 14 heteroatoms. The number of amides is 2. The number of imidazole rings is 1. The highest BCUT2D eigenvalue weighted by molar-refractivity contribution is 9.10. The highest BCUT2D eigenvalue weighted by atomic mass is 79.9. The van der Waals surface area contributed by atoms with E-state index in [1.165, 1.54) is 28.6 Å². The number of carbonyl (C=O) groups is 2. The van der Waals surface area contributed by atoms with Crippen molar-refractivity contribution in [2.75, 3.05) is 23.7 Å². The molecule has 0 unspecified atom stereocenters. The van der Waals surface area contributed by atoms with Crippen LogP contribution in [0.3, 0.4) is 0 Å². The molecule has 1 fully saturated rings. The Morgan fingerprint density at radius 3 is 2.39 bits per heavy atom. The van der Waals surface area contributed by atoms with E-state index in [1.807, 2.05) is 0 Å². The summed E-state index contributed by atoms with van der Waals surface area (Å²) >= 11 is 3.30. The molecule has 38 heavy (non-hydrogen) atoms. The molecule has 5 N–H and O–H groups in total. The van der Waals surface area contributed by atoms with Crippen molar-refractivity contribution < 1.29 is 18.0 Å². The summed E-state index contributed by atoms with van der Waals surface area (Å²) in [6.45, 7) is 0.691. The molecule has 1 aliphatic heterocycles. The van der Waals surface area contributed by atoms with E-state index in [4.69, 9.17) is 5.73 Å². The molecule has 5 rings (SSSR count). The van der Waals surface area contributed by atoms with Crippen LogP contribution in [0.25, 0.3) is 11.0 Å². The lowest BCUT2D eigenvalue weighted by atomic mass is 10.1. The number of anilines is 2. The summed E-state index contributed by atoms with van der Waals surface area (Å²) in [6.07, 6.45) is 4.51. The summed E-state index contributed by atoms with van der Waals surface area (Å²) in [5.41, 5.74) is 6.75. The lowest BCUT2D eigenvalue weighted by Crippen LogP contribution is -2.42. The zero-order chi connectivity index (χ0) is 26.9. The SMILES string of the molecule is NC(=O)c1cccc2[nH]c(NC(=O)c3ccc(S(=O)(=O)N4CCC(Nc5ncc(Br)cn5)CC4)cc3)nc12. The molecular formula is C24H23BrN8O4S. The quantitative estimate of drug-likeness (QED) is 0.251. The maximum atomic E-state index is 13.2. The molecule has 0 saturated carbocycles. The highest BCUT2D eigenvalue weighted by Crippen LogP contribution is 2.23. The molecule has 1 aliphatic rings. The van der Waals surface area contributed by atoms with Gasteiger partial charge in [0.25, 0.3) is 11.8 Å². The summed E-state index contributed by atoms with van der Waals surface area (Å²) in [7, 11) is -3.72. The normalized spacial score (nSPS) is 14.9. The van der Waals surface area contributed by atoms with Gasteiger partial charge in [-0.15, -0.1) is 0 Å². The first kappa shape index (κ1) is 25.8. The maximum Gasteiger partial charge on any atom is 0.257 e. The minimum Gasteiger partial charge on any atom is -0.366 e. The van der Waals surface area contributed by atoms with E-state index >= 15 is 0 Å². The molecule has 2 aromatic carbocycles. The molecule has 196 valence electrons. The molecule has 0 spiro atoms. The van der Waals surface area contributed by atoms with Crippen LogP contribution in [-0.4, -0.2) is 63.6 Å². The van der Waals surface area contributed by atoms with Crippen LogP contribution in [0.15, 0.2) is 64.2 Å². The number of sulfonamides is 1. The Morgan fingerprint density at radius 2 is 1.74 bits per heavy atom. The number of nitrogens with zero attached hydrogens (tertiary/aromatic N) is 4. The Balaban J connectivity index is 1.22. The molecule has 0 radical (unpaired) electrons. The summed E-state index contributed by atoms with van der Waals surface area (Å²) in [5, 5.41) is 5.86. The van der Waals surface area contributed by atoms with Gasteiger partial charge in [-0.2, -0.15) is 4.31 Å². The Kier molecular flexibility index (Phi) is 7.10. The van der Waals surface area contributed by atoms with E-state index in [9.17, 15) is 18.0 Å². The maximum absolute atomic E-state index is 13.2. The zero-order valence-electron chi connectivity index (χ0n) is 19.9. The number of H-pyrrole nitrogens is 1. The molecule has 0 atom stereocenters. The Labute approximate surface area is 226 Å². The summed E-state index contributed by atoms with van der Waals surface area (Å²) < 4.78 is 28.6. The van der Waals surface area contributed by atoms with Gasteiger partial charge >= 0.3 is 0 Å². The topological polar surface area (TPSA) is 176 Å². The smallest absolute Gasteiger partial charge is 0.257 e. The third-order valence-corrected chi connectivity index (χ3v) is 8.49. The Hall–Kier alpha value is -3.88. The second-order valence-electron chi connectivity index (χ2n) is 8.68. The van der Waals surface area contributed by atoms with Crippen molar-refractivity contribution in [3.05, 3.63) is 70.5 Å².